The highest BCUT2D eigenvalue weighted by Crippen LogP contribution is 2.29. The van der Waals surface area contributed by atoms with E-state index in [4.69, 9.17) is 15.7 Å². The Morgan fingerprint density at radius 1 is 1.39 bits per heavy atom. The summed E-state index contributed by atoms with van der Waals surface area (Å²) in [6.45, 7) is 1.34. The molecule has 2 N–H and O–H groups in total. The lowest BCUT2D eigenvalue weighted by Crippen LogP contribution is -2.30. The topological polar surface area (TPSA) is 71.9 Å². The highest BCUT2D eigenvalue weighted by atomic mass is 16.5. The van der Waals surface area contributed by atoms with Crippen LogP contribution in [0.15, 0.2) is 18.3 Å². The summed E-state index contributed by atoms with van der Waals surface area (Å²) in [7, 11) is 0. The summed E-state index contributed by atoms with van der Waals surface area (Å²) in [5, 5.41) is 8.96. The maximum absolute atomic E-state index is 8.96. The van der Waals surface area contributed by atoms with E-state index in [0.29, 0.717) is 29.9 Å². The van der Waals surface area contributed by atoms with Crippen LogP contribution in [0.4, 0.5) is 0 Å². The summed E-state index contributed by atoms with van der Waals surface area (Å²) < 4.78 is 5.71. The third-order valence-corrected chi connectivity index (χ3v) is 3.69. The molecule has 1 aliphatic rings. The van der Waals surface area contributed by atoms with Gasteiger partial charge in [-0.25, -0.2) is 4.98 Å². The Bertz CT molecular complexity index is 427. The van der Waals surface area contributed by atoms with Crippen LogP contribution in [0.2, 0.25) is 0 Å². The van der Waals surface area contributed by atoms with Gasteiger partial charge in [0.2, 0.25) is 5.88 Å². The Labute approximate surface area is 108 Å². The maximum atomic E-state index is 8.96. The second-order valence-corrected chi connectivity index (χ2v) is 4.82. The van der Waals surface area contributed by atoms with Crippen LogP contribution in [0, 0.1) is 23.2 Å². The number of nitrogens with two attached hydrogens (primary N) is 1. The number of aromatic nitrogens is 1. The quantitative estimate of drug-likeness (QED) is 0.881. The van der Waals surface area contributed by atoms with Gasteiger partial charge in [-0.3, -0.25) is 0 Å². The van der Waals surface area contributed by atoms with Crippen LogP contribution in [-0.2, 0) is 0 Å². The molecule has 1 saturated carbocycles. The van der Waals surface area contributed by atoms with Gasteiger partial charge in [-0.2, -0.15) is 5.26 Å². The summed E-state index contributed by atoms with van der Waals surface area (Å²) in [5.74, 6) is 1.49. The number of hydrogen-bond donors (Lipinski definition) is 1. The first kappa shape index (κ1) is 12.8. The highest BCUT2D eigenvalue weighted by molar-refractivity contribution is 5.36. The molecule has 2 rings (SSSR count). The monoisotopic (exact) mass is 245 g/mol. The average molecular weight is 245 g/mol. The lowest BCUT2D eigenvalue weighted by molar-refractivity contribution is 0.149. The average Bonchev–Trinajstić information content (AvgIpc) is 2.45. The van der Waals surface area contributed by atoms with Crippen LogP contribution >= 0.6 is 0 Å². The molecule has 1 aromatic rings. The molecule has 1 aromatic heterocycles. The van der Waals surface area contributed by atoms with Crippen molar-refractivity contribution in [1.82, 2.24) is 4.98 Å². The van der Waals surface area contributed by atoms with Crippen molar-refractivity contribution in [2.75, 3.05) is 13.2 Å². The van der Waals surface area contributed by atoms with E-state index >= 15 is 0 Å². The lowest BCUT2D eigenvalue weighted by Gasteiger charge is -2.30. The fourth-order valence-electron chi connectivity index (χ4n) is 2.59. The van der Waals surface area contributed by atoms with Crippen LogP contribution in [0.5, 0.6) is 5.88 Å². The summed E-state index contributed by atoms with van der Waals surface area (Å²) in [5.41, 5.74) is 6.29. The third-order valence-electron chi connectivity index (χ3n) is 3.69. The van der Waals surface area contributed by atoms with Crippen LogP contribution in [0.25, 0.3) is 0 Å². The van der Waals surface area contributed by atoms with Crippen LogP contribution < -0.4 is 10.5 Å². The number of ether oxygens (including phenoxy) is 1. The zero-order valence-electron chi connectivity index (χ0n) is 10.5. The largest absolute Gasteiger partial charge is 0.476 e. The first-order valence-corrected chi connectivity index (χ1v) is 6.53. The van der Waals surface area contributed by atoms with E-state index in [-0.39, 0.29) is 0 Å². The fourth-order valence-corrected chi connectivity index (χ4v) is 2.59. The van der Waals surface area contributed by atoms with Crippen LogP contribution in [-0.4, -0.2) is 18.1 Å². The van der Waals surface area contributed by atoms with Gasteiger partial charge in [0.15, 0.2) is 0 Å². The summed E-state index contributed by atoms with van der Waals surface area (Å²) in [6, 6.07) is 5.57. The van der Waals surface area contributed by atoms with Crippen molar-refractivity contribution < 1.29 is 4.74 Å². The molecule has 96 valence electrons. The first-order chi connectivity index (χ1) is 8.85. The Balaban J connectivity index is 1.96. The maximum Gasteiger partial charge on any atom is 0.231 e. The van der Waals surface area contributed by atoms with Crippen molar-refractivity contribution in [3.05, 3.63) is 23.9 Å². The van der Waals surface area contributed by atoms with Gasteiger partial charge < -0.3 is 10.5 Å². The molecule has 0 saturated heterocycles. The van der Waals surface area contributed by atoms with E-state index in [1.165, 1.54) is 19.3 Å². The molecule has 0 radical (unpaired) electrons. The molecule has 4 nitrogen and oxygen atoms in total. The molecule has 0 aromatic carbocycles. The molecule has 1 fully saturated rings. The molecular weight excluding hydrogens is 226 g/mol. The number of hydrogen-bond acceptors (Lipinski definition) is 4. The van der Waals surface area contributed by atoms with Crippen molar-refractivity contribution in [3.8, 4) is 11.9 Å². The molecule has 2 atom stereocenters. The van der Waals surface area contributed by atoms with E-state index in [9.17, 15) is 0 Å². The minimum absolute atomic E-state index is 0.446. The standard InChI is InChI=1S/C14H19N3O/c15-8-11-4-1-2-5-13(11)10-18-14-12(9-16)6-3-7-17-14/h3,6-7,11,13H,1-2,4-5,8,10,15H2. The van der Waals surface area contributed by atoms with Crippen molar-refractivity contribution in [2.24, 2.45) is 17.6 Å². The van der Waals surface area contributed by atoms with E-state index in [0.717, 1.165) is 13.0 Å². The van der Waals surface area contributed by atoms with Crippen molar-refractivity contribution >= 4 is 0 Å². The molecule has 18 heavy (non-hydrogen) atoms. The van der Waals surface area contributed by atoms with Crippen molar-refractivity contribution in [3.63, 3.8) is 0 Å². The van der Waals surface area contributed by atoms with E-state index in [1.54, 1.807) is 18.3 Å². The number of nitrogens with zero attached hydrogens (tertiary/aromatic N) is 2. The van der Waals surface area contributed by atoms with E-state index in [1.807, 2.05) is 0 Å². The summed E-state index contributed by atoms with van der Waals surface area (Å²) in [4.78, 5) is 4.11. The third kappa shape index (κ3) is 2.99. The zero-order chi connectivity index (χ0) is 12.8. The minimum Gasteiger partial charge on any atom is -0.476 e. The van der Waals surface area contributed by atoms with Gasteiger partial charge in [0.05, 0.1) is 6.61 Å². The smallest absolute Gasteiger partial charge is 0.231 e. The Hall–Kier alpha value is -1.60. The predicted octanol–water partition coefficient (Wildman–Crippen LogP) is 2.10. The molecule has 0 spiro atoms. The van der Waals surface area contributed by atoms with Crippen molar-refractivity contribution in [1.29, 1.82) is 5.26 Å². The van der Waals surface area contributed by atoms with Gasteiger partial charge in [-0.15, -0.1) is 0 Å². The Morgan fingerprint density at radius 2 is 2.17 bits per heavy atom. The molecule has 1 heterocycles. The normalized spacial score (nSPS) is 23.3. The zero-order valence-corrected chi connectivity index (χ0v) is 10.5. The van der Waals surface area contributed by atoms with Gasteiger partial charge in [0.1, 0.15) is 11.6 Å². The Kier molecular flexibility index (Phi) is 4.54. The number of pyridine rings is 1. The molecule has 4 heteroatoms. The van der Waals surface area contributed by atoms with E-state index in [2.05, 4.69) is 11.1 Å². The van der Waals surface area contributed by atoms with Gasteiger partial charge in [-0.05, 0) is 43.4 Å². The lowest BCUT2D eigenvalue weighted by atomic mass is 9.80. The van der Waals surface area contributed by atoms with Crippen LogP contribution in [0.1, 0.15) is 31.2 Å². The van der Waals surface area contributed by atoms with E-state index < -0.39 is 0 Å². The summed E-state index contributed by atoms with van der Waals surface area (Å²) >= 11 is 0. The molecule has 0 amide bonds. The second-order valence-electron chi connectivity index (χ2n) is 4.82. The molecule has 1 aliphatic carbocycles. The fraction of sp³-hybridized carbons (Fsp3) is 0.571. The predicted molar refractivity (Wildman–Crippen MR) is 68.9 cm³/mol. The molecular formula is C14H19N3O. The van der Waals surface area contributed by atoms with Gasteiger partial charge in [0.25, 0.3) is 0 Å². The second kappa shape index (κ2) is 6.36. The van der Waals surface area contributed by atoms with Gasteiger partial charge in [-0.1, -0.05) is 12.8 Å². The number of nitriles is 1. The SMILES string of the molecule is N#Cc1cccnc1OCC1CCCCC1CN. The molecule has 0 bridgehead atoms. The van der Waals surface area contributed by atoms with Gasteiger partial charge in [0, 0.05) is 6.20 Å². The van der Waals surface area contributed by atoms with Crippen LogP contribution in [0.3, 0.4) is 0 Å². The van der Waals surface area contributed by atoms with Gasteiger partial charge >= 0.3 is 0 Å². The van der Waals surface area contributed by atoms with Crippen molar-refractivity contribution in [2.45, 2.75) is 25.7 Å². The summed E-state index contributed by atoms with van der Waals surface area (Å²) in [6.07, 6.45) is 6.52. The Morgan fingerprint density at radius 3 is 2.89 bits per heavy atom. The number of rotatable bonds is 4. The molecule has 2 unspecified atom stereocenters. The first-order valence-electron chi connectivity index (χ1n) is 6.53. The highest BCUT2D eigenvalue weighted by Gasteiger charge is 2.24. The molecule has 0 aliphatic heterocycles. The minimum atomic E-state index is 0.446.